The second kappa shape index (κ2) is 6.49. The molecule has 120 valence electrons. The monoisotopic (exact) mass is 345 g/mol. The summed E-state index contributed by atoms with van der Waals surface area (Å²) in [4.78, 5) is 18.2. The summed E-state index contributed by atoms with van der Waals surface area (Å²) < 4.78 is 8.57. The molecule has 8 heteroatoms. The number of carbonyl (C=O) groups excluding carboxylic acids is 1. The van der Waals surface area contributed by atoms with Crippen molar-refractivity contribution in [3.63, 3.8) is 0 Å². The molecule has 21 heavy (non-hydrogen) atoms. The lowest BCUT2D eigenvalue weighted by Crippen LogP contribution is -2.45. The van der Waals surface area contributed by atoms with E-state index in [4.69, 9.17) is 16.6 Å². The lowest BCUT2D eigenvalue weighted by molar-refractivity contribution is -0.119. The highest BCUT2D eigenvalue weighted by Gasteiger charge is 2.22. The Balaban J connectivity index is 2.82. The van der Waals surface area contributed by atoms with E-state index < -0.39 is 16.6 Å². The van der Waals surface area contributed by atoms with Gasteiger partial charge in [0.1, 0.15) is 8.24 Å². The molecule has 0 bridgehead atoms. The Labute approximate surface area is 134 Å². The first-order chi connectivity index (χ1) is 9.39. The van der Waals surface area contributed by atoms with Gasteiger partial charge in [-0.25, -0.2) is 0 Å². The minimum Gasteiger partial charge on any atom is -0.531 e. The zero-order valence-electron chi connectivity index (χ0n) is 14.1. The number of H-pyrrole nitrogens is 1. The molecule has 0 radical (unpaired) electrons. The maximum Gasteiger partial charge on any atom is 0.244 e. The molecule has 0 aliphatic heterocycles. The molecular weight excluding hydrogens is 318 g/mol. The number of amides is 1. The van der Waals surface area contributed by atoms with Gasteiger partial charge in [0, 0.05) is 19.9 Å². The molecule has 1 aromatic rings. The molecule has 0 fully saturated rings. The largest absolute Gasteiger partial charge is 0.531 e. The summed E-state index contributed by atoms with van der Waals surface area (Å²) in [7, 11) is -1.41. The van der Waals surface area contributed by atoms with Crippen LogP contribution in [-0.2, 0) is 18.3 Å². The van der Waals surface area contributed by atoms with E-state index in [-0.39, 0.29) is 5.91 Å². The smallest absolute Gasteiger partial charge is 0.244 e. The van der Waals surface area contributed by atoms with Crippen LogP contribution in [0.1, 0.15) is 12.1 Å². The number of imidazole rings is 1. The molecule has 0 atom stereocenters. The lowest BCUT2D eigenvalue weighted by Gasteiger charge is -2.21. The summed E-state index contributed by atoms with van der Waals surface area (Å²) >= 11 is 5.27. The predicted molar refractivity (Wildman–Crippen MR) is 94.4 cm³/mol. The Kier molecular flexibility index (Phi) is 5.62. The van der Waals surface area contributed by atoms with Crippen molar-refractivity contribution in [1.29, 1.82) is 0 Å². The van der Waals surface area contributed by atoms with E-state index in [0.29, 0.717) is 17.6 Å². The summed E-state index contributed by atoms with van der Waals surface area (Å²) in [6.45, 7) is 12.7. The molecule has 1 aromatic heterocycles. The standard InChI is InChI=1S/C13H27N3O2SSi2/c1-16-12(18-21(5,6)7)10(14-13(16)19)8-9-11(17)15-20(2,3)4/h8-9H2,1-7H3,(H,14,19)(H,15,17). The Hall–Kier alpha value is -0.866. The van der Waals surface area contributed by atoms with Gasteiger partial charge in [-0.05, 0) is 31.9 Å². The normalized spacial score (nSPS) is 12.3. The van der Waals surface area contributed by atoms with Crippen molar-refractivity contribution in [2.24, 2.45) is 7.05 Å². The van der Waals surface area contributed by atoms with Gasteiger partial charge in [0.15, 0.2) is 4.77 Å². The van der Waals surface area contributed by atoms with Crippen molar-refractivity contribution in [1.82, 2.24) is 14.5 Å². The topological polar surface area (TPSA) is 59.0 Å². The fourth-order valence-corrected chi connectivity index (χ4v) is 3.88. The molecule has 2 N–H and O–H groups in total. The first-order valence-electron chi connectivity index (χ1n) is 7.17. The second-order valence-corrected chi connectivity index (χ2v) is 16.9. The van der Waals surface area contributed by atoms with E-state index in [9.17, 15) is 4.79 Å². The molecular formula is C13H27N3O2SSi2. The minimum atomic E-state index is -1.72. The van der Waals surface area contributed by atoms with Crippen LogP contribution in [0.2, 0.25) is 39.3 Å². The fraction of sp³-hybridized carbons (Fsp3) is 0.692. The molecule has 0 saturated carbocycles. The number of nitrogens with one attached hydrogen (secondary N) is 2. The van der Waals surface area contributed by atoms with Crippen LogP contribution in [0.15, 0.2) is 0 Å². The zero-order valence-corrected chi connectivity index (χ0v) is 16.9. The van der Waals surface area contributed by atoms with E-state index in [1.165, 1.54) is 0 Å². The highest BCUT2D eigenvalue weighted by atomic mass is 32.1. The van der Waals surface area contributed by atoms with Crippen LogP contribution in [0.4, 0.5) is 0 Å². The number of nitrogens with zero attached hydrogens (tertiary/aromatic N) is 1. The summed E-state index contributed by atoms with van der Waals surface area (Å²) in [6, 6.07) is 0. The molecule has 1 amide bonds. The number of rotatable bonds is 6. The van der Waals surface area contributed by atoms with Crippen LogP contribution in [0.5, 0.6) is 5.88 Å². The predicted octanol–water partition coefficient (Wildman–Crippen LogP) is 3.18. The third kappa shape index (κ3) is 6.19. The van der Waals surface area contributed by atoms with Crippen molar-refractivity contribution in [2.75, 3.05) is 0 Å². The molecule has 0 aliphatic carbocycles. The van der Waals surface area contributed by atoms with Gasteiger partial charge in [-0.15, -0.1) is 0 Å². The van der Waals surface area contributed by atoms with E-state index in [0.717, 1.165) is 11.6 Å². The SMILES string of the molecule is Cn1c(O[Si](C)(C)C)c(CCC(=O)N[Si](C)(C)C)[nH]c1=S. The van der Waals surface area contributed by atoms with E-state index >= 15 is 0 Å². The summed E-state index contributed by atoms with van der Waals surface area (Å²) in [6.07, 6.45) is 1.06. The van der Waals surface area contributed by atoms with Gasteiger partial charge in [-0.2, -0.15) is 0 Å². The number of aryl methyl sites for hydroxylation is 1. The average Bonchev–Trinajstić information content (AvgIpc) is 2.50. The number of hydrogen-bond acceptors (Lipinski definition) is 3. The average molecular weight is 346 g/mol. The van der Waals surface area contributed by atoms with Crippen LogP contribution in [0, 0.1) is 4.77 Å². The van der Waals surface area contributed by atoms with Gasteiger partial charge in [0.05, 0.1) is 5.69 Å². The Morgan fingerprint density at radius 1 is 1.29 bits per heavy atom. The zero-order chi connectivity index (χ0) is 16.4. The molecule has 0 aromatic carbocycles. The van der Waals surface area contributed by atoms with Crippen LogP contribution >= 0.6 is 12.2 Å². The molecule has 0 spiro atoms. The molecule has 1 rings (SSSR count). The van der Waals surface area contributed by atoms with E-state index in [1.54, 1.807) is 0 Å². The number of aromatic amines is 1. The van der Waals surface area contributed by atoms with Crippen molar-refractivity contribution < 1.29 is 9.22 Å². The van der Waals surface area contributed by atoms with Gasteiger partial charge >= 0.3 is 0 Å². The van der Waals surface area contributed by atoms with Crippen molar-refractivity contribution in [3.05, 3.63) is 10.5 Å². The molecule has 0 saturated heterocycles. The molecule has 0 unspecified atom stereocenters. The van der Waals surface area contributed by atoms with Crippen LogP contribution < -0.4 is 9.41 Å². The van der Waals surface area contributed by atoms with Crippen molar-refractivity contribution >= 4 is 34.7 Å². The highest BCUT2D eigenvalue weighted by molar-refractivity contribution is 7.71. The van der Waals surface area contributed by atoms with Gasteiger partial charge in [-0.3, -0.25) is 9.36 Å². The number of hydrogen-bond donors (Lipinski definition) is 2. The third-order valence-electron chi connectivity index (χ3n) is 2.64. The van der Waals surface area contributed by atoms with Crippen molar-refractivity contribution in [2.45, 2.75) is 52.1 Å². The summed E-state index contributed by atoms with van der Waals surface area (Å²) in [5.74, 6) is 0.872. The Morgan fingerprint density at radius 3 is 2.33 bits per heavy atom. The molecule has 5 nitrogen and oxygen atoms in total. The number of carbonyl (C=O) groups is 1. The van der Waals surface area contributed by atoms with E-state index in [1.807, 2.05) is 11.6 Å². The second-order valence-electron chi connectivity index (χ2n) is 7.29. The Morgan fingerprint density at radius 2 is 1.86 bits per heavy atom. The van der Waals surface area contributed by atoms with Crippen LogP contribution in [-0.4, -0.2) is 32.0 Å². The molecule has 0 aliphatic rings. The van der Waals surface area contributed by atoms with Crippen LogP contribution in [0.3, 0.4) is 0 Å². The van der Waals surface area contributed by atoms with Gasteiger partial charge in [0.25, 0.3) is 0 Å². The quantitative estimate of drug-likeness (QED) is 0.615. The van der Waals surface area contributed by atoms with Gasteiger partial charge in [-0.1, -0.05) is 19.6 Å². The molecule has 1 heterocycles. The third-order valence-corrected chi connectivity index (χ3v) is 4.86. The number of aromatic nitrogens is 2. The first-order valence-corrected chi connectivity index (χ1v) is 14.5. The Bertz CT molecular complexity index is 567. The minimum absolute atomic E-state index is 0.0938. The van der Waals surface area contributed by atoms with Crippen LogP contribution in [0.25, 0.3) is 0 Å². The van der Waals surface area contributed by atoms with Gasteiger partial charge in [0.2, 0.25) is 20.1 Å². The first kappa shape index (κ1) is 18.2. The van der Waals surface area contributed by atoms with E-state index in [2.05, 4.69) is 49.2 Å². The van der Waals surface area contributed by atoms with Crippen molar-refractivity contribution in [3.8, 4) is 5.88 Å². The van der Waals surface area contributed by atoms with Gasteiger partial charge < -0.3 is 14.4 Å². The fourth-order valence-electron chi connectivity index (χ4n) is 1.87. The lowest BCUT2D eigenvalue weighted by atomic mass is 10.2. The highest BCUT2D eigenvalue weighted by Crippen LogP contribution is 2.22. The maximum absolute atomic E-state index is 12.0. The maximum atomic E-state index is 12.0. The summed E-state index contributed by atoms with van der Waals surface area (Å²) in [5.41, 5.74) is 0.913. The summed E-state index contributed by atoms with van der Waals surface area (Å²) in [5, 5.41) is 0.